The van der Waals surface area contributed by atoms with Gasteiger partial charge in [-0.15, -0.1) is 0 Å². The summed E-state index contributed by atoms with van der Waals surface area (Å²) in [4.78, 5) is 0. The van der Waals surface area contributed by atoms with E-state index in [1.54, 1.807) is 12.1 Å². The number of methoxy groups -OCH3 is 2. The number of benzene rings is 1. The molecule has 0 aliphatic rings. The van der Waals surface area contributed by atoms with Gasteiger partial charge in [-0.3, -0.25) is 0 Å². The second-order valence-electron chi connectivity index (χ2n) is 3.93. The van der Waals surface area contributed by atoms with Gasteiger partial charge in [-0.05, 0) is 11.6 Å². The first-order chi connectivity index (χ1) is 8.28. The molecule has 1 rings (SSSR count). The molecule has 0 amide bonds. The zero-order valence-electron chi connectivity index (χ0n) is 10.4. The van der Waals surface area contributed by atoms with E-state index in [1.807, 2.05) is 0 Å². The first-order valence-electron chi connectivity index (χ1n) is 5.13. The Morgan fingerprint density at radius 3 is 2.22 bits per heavy atom. The van der Waals surface area contributed by atoms with Crippen molar-refractivity contribution in [1.82, 2.24) is 0 Å². The third kappa shape index (κ3) is 3.76. The zero-order chi connectivity index (χ0) is 13.9. The van der Waals surface area contributed by atoms with Gasteiger partial charge in [-0.25, -0.2) is 8.42 Å². The van der Waals surface area contributed by atoms with Gasteiger partial charge < -0.3 is 15.2 Å². The van der Waals surface area contributed by atoms with Gasteiger partial charge in [0.25, 0.3) is 0 Å². The van der Waals surface area contributed by atoms with Gasteiger partial charge in [-0.1, -0.05) is 11.6 Å². The molecular formula is C11H16ClNO4S. The average Bonchev–Trinajstić information content (AvgIpc) is 2.26. The third-order valence-electron chi connectivity index (χ3n) is 2.38. The van der Waals surface area contributed by atoms with Gasteiger partial charge in [0.1, 0.15) is 9.84 Å². The van der Waals surface area contributed by atoms with E-state index < -0.39 is 15.9 Å². The number of halogens is 1. The highest BCUT2D eigenvalue weighted by molar-refractivity contribution is 7.90. The van der Waals surface area contributed by atoms with Gasteiger partial charge >= 0.3 is 0 Å². The number of hydrogen-bond acceptors (Lipinski definition) is 5. The predicted octanol–water partition coefficient (Wildman–Crippen LogP) is 1.40. The summed E-state index contributed by atoms with van der Waals surface area (Å²) in [6, 6.07) is 2.45. The molecule has 0 heterocycles. The Bertz CT molecular complexity index is 530. The van der Waals surface area contributed by atoms with Gasteiger partial charge in [0, 0.05) is 23.4 Å². The van der Waals surface area contributed by atoms with Crippen LogP contribution in [0.5, 0.6) is 11.5 Å². The molecule has 1 unspecified atom stereocenters. The van der Waals surface area contributed by atoms with E-state index in [1.165, 1.54) is 14.2 Å². The lowest BCUT2D eigenvalue weighted by atomic mass is 10.1. The fraction of sp³-hybridized carbons (Fsp3) is 0.455. The zero-order valence-corrected chi connectivity index (χ0v) is 12.0. The molecule has 102 valence electrons. The predicted molar refractivity (Wildman–Crippen MR) is 71.2 cm³/mol. The molecule has 2 N–H and O–H groups in total. The molecule has 18 heavy (non-hydrogen) atoms. The Kier molecular flexibility index (Phi) is 4.84. The molecule has 0 spiro atoms. The van der Waals surface area contributed by atoms with Crippen LogP contribution >= 0.6 is 11.6 Å². The van der Waals surface area contributed by atoms with Crippen LogP contribution in [0.15, 0.2) is 12.1 Å². The number of rotatable bonds is 5. The summed E-state index contributed by atoms with van der Waals surface area (Å²) in [6.07, 6.45) is 1.13. The molecule has 7 heteroatoms. The number of ether oxygens (including phenoxy) is 2. The van der Waals surface area contributed by atoms with Gasteiger partial charge in [0.2, 0.25) is 0 Å². The van der Waals surface area contributed by atoms with Crippen LogP contribution in [0.3, 0.4) is 0 Å². The molecule has 0 aliphatic carbocycles. The van der Waals surface area contributed by atoms with E-state index in [9.17, 15) is 8.42 Å². The lowest BCUT2D eigenvalue weighted by Gasteiger charge is -2.16. The first-order valence-corrected chi connectivity index (χ1v) is 7.57. The molecule has 0 saturated heterocycles. The molecule has 0 saturated carbocycles. The number of nitrogens with two attached hydrogens (primary N) is 1. The van der Waals surface area contributed by atoms with Crippen molar-refractivity contribution in [2.75, 3.05) is 26.2 Å². The van der Waals surface area contributed by atoms with Crippen LogP contribution < -0.4 is 15.2 Å². The normalized spacial score (nSPS) is 13.2. The minimum atomic E-state index is -3.18. The van der Waals surface area contributed by atoms with Crippen LogP contribution in [0.2, 0.25) is 5.02 Å². The molecule has 5 nitrogen and oxygen atoms in total. The van der Waals surface area contributed by atoms with Crippen molar-refractivity contribution in [3.8, 4) is 11.5 Å². The highest BCUT2D eigenvalue weighted by atomic mass is 35.5. The Morgan fingerprint density at radius 2 is 1.78 bits per heavy atom. The Morgan fingerprint density at radius 1 is 1.28 bits per heavy atom. The summed E-state index contributed by atoms with van der Waals surface area (Å²) in [5.74, 6) is 0.751. The summed E-state index contributed by atoms with van der Waals surface area (Å²) in [5.41, 5.74) is 6.35. The van der Waals surface area contributed by atoms with Gasteiger partial charge in [-0.2, -0.15) is 0 Å². The van der Waals surface area contributed by atoms with Crippen molar-refractivity contribution in [3.05, 3.63) is 22.7 Å². The van der Waals surface area contributed by atoms with Gasteiger partial charge in [0.05, 0.1) is 20.0 Å². The lowest BCUT2D eigenvalue weighted by molar-refractivity contribution is 0.354. The van der Waals surface area contributed by atoms with Crippen molar-refractivity contribution < 1.29 is 17.9 Å². The maximum Gasteiger partial charge on any atom is 0.162 e. The van der Waals surface area contributed by atoms with Crippen LogP contribution in [-0.4, -0.2) is 34.6 Å². The molecular weight excluding hydrogens is 278 g/mol. The molecule has 0 aromatic heterocycles. The maximum atomic E-state index is 11.2. The number of sulfone groups is 1. The largest absolute Gasteiger partial charge is 0.493 e. The van der Waals surface area contributed by atoms with Crippen molar-refractivity contribution in [2.45, 2.75) is 6.04 Å². The van der Waals surface area contributed by atoms with Crippen molar-refractivity contribution in [1.29, 1.82) is 0 Å². The van der Waals surface area contributed by atoms with Crippen LogP contribution in [0.1, 0.15) is 11.6 Å². The van der Waals surface area contributed by atoms with E-state index in [4.69, 9.17) is 26.8 Å². The SMILES string of the molecule is COc1cc(Cl)c(C(N)CS(C)(=O)=O)cc1OC. The second kappa shape index (κ2) is 5.77. The molecule has 0 fully saturated rings. The van der Waals surface area contributed by atoms with E-state index in [-0.39, 0.29) is 5.75 Å². The first kappa shape index (κ1) is 15.1. The van der Waals surface area contributed by atoms with Crippen LogP contribution in [-0.2, 0) is 9.84 Å². The van der Waals surface area contributed by atoms with E-state index in [0.717, 1.165) is 6.26 Å². The highest BCUT2D eigenvalue weighted by Crippen LogP contribution is 2.35. The Balaban J connectivity index is 3.17. The summed E-state index contributed by atoms with van der Waals surface area (Å²) in [6.45, 7) is 0. The van der Waals surface area contributed by atoms with E-state index >= 15 is 0 Å². The fourth-order valence-corrected chi connectivity index (χ4v) is 2.70. The minimum Gasteiger partial charge on any atom is -0.493 e. The topological polar surface area (TPSA) is 78.6 Å². The summed E-state index contributed by atoms with van der Waals surface area (Å²) < 4.78 is 32.7. The maximum absolute atomic E-state index is 11.2. The van der Waals surface area contributed by atoms with Crippen molar-refractivity contribution in [2.24, 2.45) is 5.73 Å². The second-order valence-corrected chi connectivity index (χ2v) is 6.52. The van der Waals surface area contributed by atoms with E-state index in [0.29, 0.717) is 22.1 Å². The van der Waals surface area contributed by atoms with Crippen LogP contribution in [0, 0.1) is 0 Å². The highest BCUT2D eigenvalue weighted by Gasteiger charge is 2.18. The molecule has 0 radical (unpaired) electrons. The summed E-state index contributed by atoms with van der Waals surface area (Å²) in [7, 11) is -0.205. The quantitative estimate of drug-likeness (QED) is 0.888. The molecule has 0 aliphatic heterocycles. The Labute approximate surface area is 112 Å². The lowest BCUT2D eigenvalue weighted by Crippen LogP contribution is -2.21. The van der Waals surface area contributed by atoms with Crippen LogP contribution in [0.25, 0.3) is 0 Å². The molecule has 1 atom stereocenters. The fourth-order valence-electron chi connectivity index (χ4n) is 1.57. The monoisotopic (exact) mass is 293 g/mol. The number of hydrogen-bond donors (Lipinski definition) is 1. The standard InChI is InChI=1S/C11H16ClNO4S/c1-16-10-4-7(8(12)5-11(10)17-2)9(13)6-18(3,14)15/h4-5,9H,6,13H2,1-3H3. The van der Waals surface area contributed by atoms with Gasteiger partial charge in [0.15, 0.2) is 11.5 Å². The smallest absolute Gasteiger partial charge is 0.162 e. The molecule has 0 bridgehead atoms. The summed E-state index contributed by atoms with van der Waals surface area (Å²) >= 11 is 6.05. The minimum absolute atomic E-state index is 0.178. The van der Waals surface area contributed by atoms with Crippen molar-refractivity contribution in [3.63, 3.8) is 0 Å². The summed E-state index contributed by atoms with van der Waals surface area (Å²) in [5, 5.41) is 0.351. The molecule has 1 aromatic rings. The molecule has 1 aromatic carbocycles. The van der Waals surface area contributed by atoms with Crippen molar-refractivity contribution >= 4 is 21.4 Å². The van der Waals surface area contributed by atoms with Crippen LogP contribution in [0.4, 0.5) is 0 Å². The Hall–Kier alpha value is -0.980. The average molecular weight is 294 g/mol. The van der Waals surface area contributed by atoms with E-state index in [2.05, 4.69) is 0 Å². The third-order valence-corrected chi connectivity index (χ3v) is 3.68.